The lowest BCUT2D eigenvalue weighted by Crippen LogP contribution is -2.42. The van der Waals surface area contributed by atoms with Gasteiger partial charge in [-0.1, -0.05) is 30.3 Å². The maximum Gasteiger partial charge on any atom is 0.247 e. The second-order valence-corrected chi connectivity index (χ2v) is 4.88. The van der Waals surface area contributed by atoms with E-state index in [1.807, 2.05) is 47.4 Å². The van der Waals surface area contributed by atoms with E-state index in [9.17, 15) is 4.79 Å². The van der Waals surface area contributed by atoms with Crippen LogP contribution in [0.4, 0.5) is 0 Å². The van der Waals surface area contributed by atoms with Gasteiger partial charge < -0.3 is 9.64 Å². The maximum atomic E-state index is 12.4. The molecule has 1 aromatic carbocycles. The molecule has 5 nitrogen and oxygen atoms in total. The number of aromatic amines is 1. The van der Waals surface area contributed by atoms with Crippen molar-refractivity contribution in [1.29, 1.82) is 0 Å². The van der Waals surface area contributed by atoms with Gasteiger partial charge in [-0.25, -0.2) is 0 Å². The van der Waals surface area contributed by atoms with Crippen LogP contribution in [0.15, 0.2) is 48.7 Å². The molecule has 5 heteroatoms. The Kier molecular flexibility index (Phi) is 4.12. The maximum absolute atomic E-state index is 12.4. The Hall–Kier alpha value is -2.40. The minimum atomic E-state index is -0.103. The second-order valence-electron chi connectivity index (χ2n) is 4.88. The van der Waals surface area contributed by atoms with E-state index in [2.05, 4.69) is 10.2 Å². The molecule has 1 aliphatic heterocycles. The number of aromatic nitrogens is 2. The van der Waals surface area contributed by atoms with E-state index in [-0.39, 0.29) is 11.9 Å². The van der Waals surface area contributed by atoms with Crippen LogP contribution in [0.5, 0.6) is 0 Å². The molecule has 108 valence electrons. The van der Waals surface area contributed by atoms with Gasteiger partial charge in [0.1, 0.15) is 0 Å². The monoisotopic (exact) mass is 283 g/mol. The molecule has 1 fully saturated rings. The van der Waals surface area contributed by atoms with Gasteiger partial charge in [0.05, 0.1) is 24.9 Å². The molecular formula is C16H17N3O2. The molecule has 1 unspecified atom stereocenters. The fourth-order valence-electron chi connectivity index (χ4n) is 2.40. The van der Waals surface area contributed by atoms with Gasteiger partial charge in [-0.3, -0.25) is 9.89 Å². The Bertz CT molecular complexity index is 608. The van der Waals surface area contributed by atoms with Crippen LogP contribution >= 0.6 is 0 Å². The minimum absolute atomic E-state index is 0.0123. The summed E-state index contributed by atoms with van der Waals surface area (Å²) in [4.78, 5) is 14.2. The number of rotatable bonds is 3. The Morgan fingerprint density at radius 2 is 2.19 bits per heavy atom. The van der Waals surface area contributed by atoms with Gasteiger partial charge in [0, 0.05) is 18.8 Å². The summed E-state index contributed by atoms with van der Waals surface area (Å²) in [6, 6.07) is 11.6. The number of nitrogens with zero attached hydrogens (tertiary/aromatic N) is 2. The Balaban J connectivity index is 1.74. The van der Waals surface area contributed by atoms with E-state index in [0.29, 0.717) is 19.8 Å². The third kappa shape index (κ3) is 3.20. The fraction of sp³-hybridized carbons (Fsp3) is 0.250. The van der Waals surface area contributed by atoms with Crippen LogP contribution in [0.1, 0.15) is 17.3 Å². The van der Waals surface area contributed by atoms with E-state index < -0.39 is 0 Å². The number of carbonyl (C=O) groups is 1. The zero-order valence-corrected chi connectivity index (χ0v) is 11.6. The molecular weight excluding hydrogens is 266 g/mol. The predicted molar refractivity (Wildman–Crippen MR) is 79.3 cm³/mol. The van der Waals surface area contributed by atoms with Gasteiger partial charge >= 0.3 is 0 Å². The van der Waals surface area contributed by atoms with Crippen molar-refractivity contribution in [3.8, 4) is 0 Å². The zero-order valence-electron chi connectivity index (χ0n) is 11.6. The summed E-state index contributed by atoms with van der Waals surface area (Å²) in [6.45, 7) is 1.64. The molecule has 1 saturated heterocycles. The summed E-state index contributed by atoms with van der Waals surface area (Å²) in [7, 11) is 0. The zero-order chi connectivity index (χ0) is 14.5. The van der Waals surface area contributed by atoms with Gasteiger partial charge in [-0.05, 0) is 17.7 Å². The predicted octanol–water partition coefficient (Wildman–Crippen LogP) is 2.02. The highest BCUT2D eigenvalue weighted by atomic mass is 16.5. The largest absolute Gasteiger partial charge is 0.377 e. The smallest absolute Gasteiger partial charge is 0.247 e. The SMILES string of the molecule is O=C(/C=C/c1ccccc1)N1CCOCC1c1ccn[nH]1. The van der Waals surface area contributed by atoms with Crippen molar-refractivity contribution in [2.75, 3.05) is 19.8 Å². The molecule has 3 rings (SSSR count). The quantitative estimate of drug-likeness (QED) is 0.877. The van der Waals surface area contributed by atoms with E-state index in [0.717, 1.165) is 11.3 Å². The minimum Gasteiger partial charge on any atom is -0.377 e. The number of H-pyrrole nitrogens is 1. The third-order valence-corrected chi connectivity index (χ3v) is 3.51. The van der Waals surface area contributed by atoms with Crippen LogP contribution in [0.25, 0.3) is 6.08 Å². The summed E-state index contributed by atoms with van der Waals surface area (Å²) in [5.41, 5.74) is 1.91. The second kappa shape index (κ2) is 6.37. The molecule has 21 heavy (non-hydrogen) atoms. The molecule has 2 aromatic rings. The first-order chi connectivity index (χ1) is 10.3. The van der Waals surface area contributed by atoms with Crippen molar-refractivity contribution >= 4 is 12.0 Å². The molecule has 1 aliphatic rings. The number of hydrogen-bond acceptors (Lipinski definition) is 3. The fourth-order valence-corrected chi connectivity index (χ4v) is 2.40. The number of carbonyl (C=O) groups excluding carboxylic acids is 1. The van der Waals surface area contributed by atoms with Crippen molar-refractivity contribution in [2.24, 2.45) is 0 Å². The Labute approximate surface area is 123 Å². The molecule has 1 amide bonds. The summed E-state index contributed by atoms with van der Waals surface area (Å²) >= 11 is 0. The first-order valence-electron chi connectivity index (χ1n) is 6.95. The molecule has 0 saturated carbocycles. The van der Waals surface area contributed by atoms with Crippen molar-refractivity contribution < 1.29 is 9.53 Å². The van der Waals surface area contributed by atoms with Gasteiger partial charge in [0.2, 0.25) is 5.91 Å². The van der Waals surface area contributed by atoms with E-state index in [4.69, 9.17) is 4.74 Å². The number of ether oxygens (including phenoxy) is 1. The van der Waals surface area contributed by atoms with Crippen LogP contribution in [0.3, 0.4) is 0 Å². The van der Waals surface area contributed by atoms with Gasteiger partial charge in [-0.15, -0.1) is 0 Å². The third-order valence-electron chi connectivity index (χ3n) is 3.51. The average molecular weight is 283 g/mol. The van der Waals surface area contributed by atoms with Crippen LogP contribution in [-0.4, -0.2) is 40.8 Å². The highest BCUT2D eigenvalue weighted by Crippen LogP contribution is 2.22. The van der Waals surface area contributed by atoms with Crippen molar-refractivity contribution in [3.05, 3.63) is 59.9 Å². The van der Waals surface area contributed by atoms with Crippen molar-refractivity contribution in [3.63, 3.8) is 0 Å². The lowest BCUT2D eigenvalue weighted by Gasteiger charge is -2.34. The summed E-state index contributed by atoms with van der Waals surface area (Å²) in [5.74, 6) is -0.0123. The molecule has 0 radical (unpaired) electrons. The number of nitrogens with one attached hydrogen (secondary N) is 1. The number of benzene rings is 1. The first-order valence-corrected chi connectivity index (χ1v) is 6.95. The van der Waals surface area contributed by atoms with Crippen LogP contribution in [0, 0.1) is 0 Å². The highest BCUT2D eigenvalue weighted by Gasteiger charge is 2.28. The molecule has 1 atom stereocenters. The molecule has 0 bridgehead atoms. The van der Waals surface area contributed by atoms with Gasteiger partial charge in [0.25, 0.3) is 0 Å². The molecule has 1 aromatic heterocycles. The molecule has 2 heterocycles. The number of hydrogen-bond donors (Lipinski definition) is 1. The average Bonchev–Trinajstić information content (AvgIpc) is 3.08. The topological polar surface area (TPSA) is 58.2 Å². The first kappa shape index (κ1) is 13.6. The summed E-state index contributed by atoms with van der Waals surface area (Å²) < 4.78 is 5.48. The Morgan fingerprint density at radius 3 is 2.95 bits per heavy atom. The lowest BCUT2D eigenvalue weighted by atomic mass is 10.1. The standard InChI is InChI=1S/C16H17N3O2/c20-16(7-6-13-4-2-1-3-5-13)19-10-11-21-12-15(19)14-8-9-17-18-14/h1-9,15H,10-12H2,(H,17,18)/b7-6+. The normalized spacial score (nSPS) is 19.0. The highest BCUT2D eigenvalue weighted by molar-refractivity contribution is 5.92. The Morgan fingerprint density at radius 1 is 1.33 bits per heavy atom. The van der Waals surface area contributed by atoms with Gasteiger partial charge in [-0.2, -0.15) is 5.10 Å². The molecule has 0 spiro atoms. The summed E-state index contributed by atoms with van der Waals surface area (Å²) in [5, 5.41) is 6.87. The molecule has 1 N–H and O–H groups in total. The van der Waals surface area contributed by atoms with Crippen molar-refractivity contribution in [2.45, 2.75) is 6.04 Å². The van der Waals surface area contributed by atoms with E-state index >= 15 is 0 Å². The van der Waals surface area contributed by atoms with Crippen LogP contribution < -0.4 is 0 Å². The van der Waals surface area contributed by atoms with Crippen LogP contribution in [0.2, 0.25) is 0 Å². The number of amides is 1. The van der Waals surface area contributed by atoms with Crippen LogP contribution in [-0.2, 0) is 9.53 Å². The van der Waals surface area contributed by atoms with Gasteiger partial charge in [0.15, 0.2) is 0 Å². The van der Waals surface area contributed by atoms with E-state index in [1.54, 1.807) is 12.3 Å². The van der Waals surface area contributed by atoms with E-state index in [1.165, 1.54) is 0 Å². The van der Waals surface area contributed by atoms with Crippen molar-refractivity contribution in [1.82, 2.24) is 15.1 Å². The lowest BCUT2D eigenvalue weighted by molar-refractivity contribution is -0.134. The molecule has 0 aliphatic carbocycles. The number of morpholine rings is 1. The summed E-state index contributed by atoms with van der Waals surface area (Å²) in [6.07, 6.45) is 5.14.